The standard InChI is InChI=1S/C23H21N3O2/c27-23(19-9-11-21(12-10-19)28-20-7-2-1-3-8-20)25-15-5-16-26-17-13-18-6-4-14-24-22(18)26/h1-4,6-14,17H,5,15-16H2,(H,25,27). The molecule has 0 unspecified atom stereocenters. The lowest BCUT2D eigenvalue weighted by atomic mass is 10.2. The van der Waals surface area contributed by atoms with E-state index in [1.165, 1.54) is 0 Å². The Morgan fingerprint density at radius 1 is 0.929 bits per heavy atom. The zero-order valence-corrected chi connectivity index (χ0v) is 15.4. The summed E-state index contributed by atoms with van der Waals surface area (Å²) >= 11 is 0. The van der Waals surface area contributed by atoms with Crippen LogP contribution in [0, 0.1) is 0 Å². The minimum absolute atomic E-state index is 0.0817. The van der Waals surface area contributed by atoms with Crippen LogP contribution in [0.25, 0.3) is 11.0 Å². The maximum Gasteiger partial charge on any atom is 0.251 e. The number of para-hydroxylation sites is 1. The van der Waals surface area contributed by atoms with Crippen molar-refractivity contribution in [1.82, 2.24) is 14.9 Å². The fourth-order valence-corrected chi connectivity index (χ4v) is 3.05. The second-order valence-electron chi connectivity index (χ2n) is 6.47. The van der Waals surface area contributed by atoms with E-state index in [2.05, 4.69) is 20.9 Å². The van der Waals surface area contributed by atoms with Gasteiger partial charge in [0.1, 0.15) is 17.1 Å². The van der Waals surface area contributed by atoms with Crippen LogP contribution in [0.2, 0.25) is 0 Å². The lowest BCUT2D eigenvalue weighted by Crippen LogP contribution is -2.25. The van der Waals surface area contributed by atoms with Gasteiger partial charge in [0.2, 0.25) is 0 Å². The average molecular weight is 371 g/mol. The number of benzene rings is 2. The molecule has 0 saturated heterocycles. The van der Waals surface area contributed by atoms with Crippen LogP contribution in [0.5, 0.6) is 11.5 Å². The molecule has 4 aromatic rings. The molecule has 2 heterocycles. The van der Waals surface area contributed by atoms with Crippen LogP contribution in [0.15, 0.2) is 85.2 Å². The third kappa shape index (κ3) is 4.20. The Labute approximate surface area is 163 Å². The summed E-state index contributed by atoms with van der Waals surface area (Å²) < 4.78 is 7.86. The molecule has 0 bridgehead atoms. The van der Waals surface area contributed by atoms with E-state index in [4.69, 9.17) is 4.74 Å². The number of nitrogens with one attached hydrogen (secondary N) is 1. The molecule has 1 N–H and O–H groups in total. The molecule has 0 saturated carbocycles. The number of hydrogen-bond acceptors (Lipinski definition) is 3. The summed E-state index contributed by atoms with van der Waals surface area (Å²) in [4.78, 5) is 16.7. The first kappa shape index (κ1) is 17.8. The molecule has 0 aliphatic carbocycles. The topological polar surface area (TPSA) is 56.2 Å². The summed E-state index contributed by atoms with van der Waals surface area (Å²) in [6.45, 7) is 1.41. The molecule has 0 spiro atoms. The van der Waals surface area contributed by atoms with Crippen molar-refractivity contribution >= 4 is 16.9 Å². The Morgan fingerprint density at radius 3 is 2.54 bits per heavy atom. The largest absolute Gasteiger partial charge is 0.457 e. The maximum atomic E-state index is 12.3. The zero-order chi connectivity index (χ0) is 19.2. The van der Waals surface area contributed by atoms with Gasteiger partial charge in [-0.3, -0.25) is 4.79 Å². The summed E-state index contributed by atoms with van der Waals surface area (Å²) in [7, 11) is 0. The average Bonchev–Trinajstić information content (AvgIpc) is 3.15. The number of aryl methyl sites for hydroxylation is 1. The molecule has 2 aromatic heterocycles. The smallest absolute Gasteiger partial charge is 0.251 e. The first-order valence-electron chi connectivity index (χ1n) is 9.31. The van der Waals surface area contributed by atoms with E-state index in [1.54, 1.807) is 30.5 Å². The number of carbonyl (C=O) groups is 1. The van der Waals surface area contributed by atoms with Gasteiger partial charge in [0.25, 0.3) is 5.91 Å². The monoisotopic (exact) mass is 371 g/mol. The summed E-state index contributed by atoms with van der Waals surface area (Å²) in [5.41, 5.74) is 1.59. The number of pyridine rings is 1. The van der Waals surface area contributed by atoms with E-state index in [1.807, 2.05) is 48.7 Å². The molecule has 28 heavy (non-hydrogen) atoms. The number of hydrogen-bond donors (Lipinski definition) is 1. The highest BCUT2D eigenvalue weighted by Crippen LogP contribution is 2.21. The minimum atomic E-state index is -0.0817. The van der Waals surface area contributed by atoms with Crippen molar-refractivity contribution in [2.75, 3.05) is 6.54 Å². The second-order valence-corrected chi connectivity index (χ2v) is 6.47. The van der Waals surface area contributed by atoms with Gasteiger partial charge in [0.15, 0.2) is 0 Å². The lowest BCUT2D eigenvalue weighted by Gasteiger charge is -2.08. The van der Waals surface area contributed by atoms with Crippen molar-refractivity contribution in [3.05, 3.63) is 90.8 Å². The zero-order valence-electron chi connectivity index (χ0n) is 15.4. The van der Waals surface area contributed by atoms with Crippen molar-refractivity contribution in [2.24, 2.45) is 0 Å². The van der Waals surface area contributed by atoms with Gasteiger partial charge in [0.05, 0.1) is 0 Å². The normalized spacial score (nSPS) is 10.7. The highest BCUT2D eigenvalue weighted by molar-refractivity contribution is 5.94. The van der Waals surface area contributed by atoms with E-state index < -0.39 is 0 Å². The fourth-order valence-electron chi connectivity index (χ4n) is 3.05. The first-order valence-corrected chi connectivity index (χ1v) is 9.31. The molecule has 140 valence electrons. The van der Waals surface area contributed by atoms with E-state index >= 15 is 0 Å². The molecule has 4 rings (SSSR count). The Bertz CT molecular complexity index is 1060. The quantitative estimate of drug-likeness (QED) is 0.481. The Hall–Kier alpha value is -3.60. The van der Waals surface area contributed by atoms with Crippen LogP contribution in [0.1, 0.15) is 16.8 Å². The van der Waals surface area contributed by atoms with E-state index in [0.29, 0.717) is 17.9 Å². The molecule has 2 aromatic carbocycles. The Balaban J connectivity index is 1.27. The number of rotatable bonds is 7. The molecular weight excluding hydrogens is 350 g/mol. The fraction of sp³-hybridized carbons (Fsp3) is 0.130. The number of fused-ring (bicyclic) bond motifs is 1. The number of ether oxygens (including phenoxy) is 1. The molecule has 5 nitrogen and oxygen atoms in total. The summed E-state index contributed by atoms with van der Waals surface area (Å²) in [5.74, 6) is 1.39. The van der Waals surface area contributed by atoms with Gasteiger partial charge in [-0.1, -0.05) is 18.2 Å². The number of carbonyl (C=O) groups excluding carboxylic acids is 1. The van der Waals surface area contributed by atoms with Crippen LogP contribution in [0.4, 0.5) is 0 Å². The molecule has 5 heteroatoms. The number of nitrogens with zero attached hydrogens (tertiary/aromatic N) is 2. The van der Waals surface area contributed by atoms with Gasteiger partial charge < -0.3 is 14.6 Å². The molecule has 0 radical (unpaired) electrons. The number of aromatic nitrogens is 2. The van der Waals surface area contributed by atoms with Gasteiger partial charge >= 0.3 is 0 Å². The summed E-state index contributed by atoms with van der Waals surface area (Å²) in [5, 5.41) is 4.09. The Morgan fingerprint density at radius 2 is 1.71 bits per heavy atom. The maximum absolute atomic E-state index is 12.3. The Kier molecular flexibility index (Phi) is 5.33. The second kappa shape index (κ2) is 8.39. The van der Waals surface area contributed by atoms with Crippen molar-refractivity contribution in [3.8, 4) is 11.5 Å². The van der Waals surface area contributed by atoms with Crippen molar-refractivity contribution in [2.45, 2.75) is 13.0 Å². The van der Waals surface area contributed by atoms with Gasteiger partial charge in [0, 0.05) is 36.4 Å². The van der Waals surface area contributed by atoms with Crippen LogP contribution < -0.4 is 10.1 Å². The molecule has 0 aliphatic rings. The molecular formula is C23H21N3O2. The molecule has 0 fully saturated rings. The van der Waals surface area contributed by atoms with E-state index in [-0.39, 0.29) is 5.91 Å². The number of amides is 1. The first-order chi connectivity index (χ1) is 13.8. The van der Waals surface area contributed by atoms with E-state index in [0.717, 1.165) is 29.7 Å². The third-order valence-corrected chi connectivity index (χ3v) is 4.48. The lowest BCUT2D eigenvalue weighted by molar-refractivity contribution is 0.0953. The molecule has 0 atom stereocenters. The van der Waals surface area contributed by atoms with Crippen molar-refractivity contribution in [3.63, 3.8) is 0 Å². The molecule has 0 aliphatic heterocycles. The van der Waals surface area contributed by atoms with E-state index in [9.17, 15) is 4.79 Å². The van der Waals surface area contributed by atoms with Gasteiger partial charge in [-0.2, -0.15) is 0 Å². The summed E-state index contributed by atoms with van der Waals surface area (Å²) in [6, 6.07) is 22.8. The van der Waals surface area contributed by atoms with Crippen LogP contribution in [-0.4, -0.2) is 22.0 Å². The highest BCUT2D eigenvalue weighted by atomic mass is 16.5. The van der Waals surface area contributed by atoms with Gasteiger partial charge in [-0.15, -0.1) is 0 Å². The third-order valence-electron chi connectivity index (χ3n) is 4.48. The minimum Gasteiger partial charge on any atom is -0.457 e. The predicted molar refractivity (Wildman–Crippen MR) is 110 cm³/mol. The highest BCUT2D eigenvalue weighted by Gasteiger charge is 2.06. The molecule has 1 amide bonds. The SMILES string of the molecule is O=C(NCCCn1ccc2cccnc21)c1ccc(Oc2ccccc2)cc1. The van der Waals surface area contributed by atoms with Crippen LogP contribution in [-0.2, 0) is 6.54 Å². The summed E-state index contributed by atoms with van der Waals surface area (Å²) in [6.07, 6.45) is 4.66. The predicted octanol–water partition coefficient (Wildman–Crippen LogP) is 4.65. The van der Waals surface area contributed by atoms with Crippen LogP contribution >= 0.6 is 0 Å². The van der Waals surface area contributed by atoms with Crippen molar-refractivity contribution in [1.29, 1.82) is 0 Å². The van der Waals surface area contributed by atoms with Crippen molar-refractivity contribution < 1.29 is 9.53 Å². The van der Waals surface area contributed by atoms with Gasteiger partial charge in [-0.05, 0) is 61.0 Å². The van der Waals surface area contributed by atoms with Gasteiger partial charge in [-0.25, -0.2) is 4.98 Å². The van der Waals surface area contributed by atoms with Crippen LogP contribution in [0.3, 0.4) is 0 Å².